The van der Waals surface area contributed by atoms with E-state index in [9.17, 15) is 18.0 Å². The number of carbonyl (C=O) groups excluding carboxylic acids is 1. The van der Waals surface area contributed by atoms with Gasteiger partial charge < -0.3 is 10.6 Å². The van der Waals surface area contributed by atoms with Gasteiger partial charge in [-0.1, -0.05) is 12.1 Å². The maximum Gasteiger partial charge on any atom is 0.416 e. The molecule has 0 bridgehead atoms. The van der Waals surface area contributed by atoms with Crippen LogP contribution in [0.25, 0.3) is 0 Å². The minimum absolute atomic E-state index is 0.0607. The van der Waals surface area contributed by atoms with Crippen LogP contribution in [-0.2, 0) is 11.0 Å². The fraction of sp³-hybridized carbons (Fsp3) is 0.118. The Kier molecular flexibility index (Phi) is 5.39. The smallest absolute Gasteiger partial charge is 0.345 e. The highest BCUT2D eigenvalue weighted by Crippen LogP contribution is 2.30. The van der Waals surface area contributed by atoms with Crippen LogP contribution in [0.2, 0.25) is 0 Å². The fourth-order valence-electron chi connectivity index (χ4n) is 1.82. The van der Waals surface area contributed by atoms with Gasteiger partial charge in [0, 0.05) is 18.1 Å². The molecule has 0 saturated carbocycles. The fourth-order valence-corrected chi connectivity index (χ4v) is 1.82. The largest absolute Gasteiger partial charge is 0.416 e. The van der Waals surface area contributed by atoms with Crippen LogP contribution in [-0.4, -0.2) is 10.9 Å². The maximum absolute atomic E-state index is 12.7. The number of nitrogens with zero attached hydrogens (tertiary/aromatic N) is 2. The normalized spacial score (nSPS) is 11.6. The number of alkyl halides is 3. The van der Waals surface area contributed by atoms with Gasteiger partial charge in [0.15, 0.2) is 0 Å². The summed E-state index contributed by atoms with van der Waals surface area (Å²) in [6, 6.07) is 9.29. The Bertz CT molecular complexity index is 836. The van der Waals surface area contributed by atoms with E-state index in [0.717, 1.165) is 23.9 Å². The number of halogens is 3. The summed E-state index contributed by atoms with van der Waals surface area (Å²) in [5.41, 5.74) is -0.318. The third kappa shape index (κ3) is 5.07. The van der Waals surface area contributed by atoms with Gasteiger partial charge in [-0.05, 0) is 36.8 Å². The summed E-state index contributed by atoms with van der Waals surface area (Å²) < 4.78 is 38.0. The van der Waals surface area contributed by atoms with E-state index >= 15 is 0 Å². The highest BCUT2D eigenvalue weighted by molar-refractivity contribution is 6.06. The Balaban J connectivity index is 2.11. The van der Waals surface area contributed by atoms with Crippen molar-refractivity contribution in [3.8, 4) is 6.07 Å². The maximum atomic E-state index is 12.7. The highest BCUT2D eigenvalue weighted by Gasteiger charge is 2.30. The average molecular weight is 346 g/mol. The molecule has 0 aliphatic carbocycles. The first kappa shape index (κ1) is 18.0. The Labute approximate surface area is 141 Å². The van der Waals surface area contributed by atoms with Gasteiger partial charge in [-0.3, -0.25) is 4.79 Å². The molecule has 0 atom stereocenters. The number of pyridine rings is 1. The number of aromatic nitrogens is 1. The van der Waals surface area contributed by atoms with E-state index in [0.29, 0.717) is 5.82 Å². The van der Waals surface area contributed by atoms with Crippen molar-refractivity contribution in [3.63, 3.8) is 0 Å². The third-order valence-electron chi connectivity index (χ3n) is 3.09. The van der Waals surface area contributed by atoms with Gasteiger partial charge in [-0.15, -0.1) is 0 Å². The van der Waals surface area contributed by atoms with Crippen molar-refractivity contribution in [2.45, 2.75) is 13.1 Å². The number of nitriles is 1. The molecule has 128 valence electrons. The first-order valence-corrected chi connectivity index (χ1v) is 7.07. The number of carbonyl (C=O) groups is 1. The van der Waals surface area contributed by atoms with Crippen LogP contribution in [0.5, 0.6) is 0 Å². The molecular formula is C17H13F3N4O. The molecule has 2 rings (SSSR count). The Hall–Kier alpha value is -3.34. The van der Waals surface area contributed by atoms with Gasteiger partial charge in [0.05, 0.1) is 5.56 Å². The molecule has 5 nitrogen and oxygen atoms in total. The topological polar surface area (TPSA) is 77.8 Å². The quantitative estimate of drug-likeness (QED) is 0.651. The lowest BCUT2D eigenvalue weighted by molar-refractivity contribution is -0.137. The van der Waals surface area contributed by atoms with Crippen LogP contribution >= 0.6 is 0 Å². The average Bonchev–Trinajstić information content (AvgIpc) is 2.56. The van der Waals surface area contributed by atoms with Crippen molar-refractivity contribution >= 4 is 17.4 Å². The minimum atomic E-state index is -4.52. The van der Waals surface area contributed by atoms with Crippen LogP contribution < -0.4 is 10.6 Å². The molecule has 25 heavy (non-hydrogen) atoms. The molecule has 2 N–H and O–H groups in total. The zero-order valence-electron chi connectivity index (χ0n) is 13.1. The number of rotatable bonds is 4. The van der Waals surface area contributed by atoms with Gasteiger partial charge in [-0.2, -0.15) is 18.4 Å². The van der Waals surface area contributed by atoms with Gasteiger partial charge in [0.1, 0.15) is 17.5 Å². The summed E-state index contributed by atoms with van der Waals surface area (Å²) >= 11 is 0. The number of amides is 1. The van der Waals surface area contributed by atoms with Gasteiger partial charge in [-0.25, -0.2) is 4.98 Å². The molecule has 0 saturated heterocycles. The van der Waals surface area contributed by atoms with Crippen molar-refractivity contribution < 1.29 is 18.0 Å². The highest BCUT2D eigenvalue weighted by atomic mass is 19.4. The second-order valence-electron chi connectivity index (χ2n) is 5.07. The first-order chi connectivity index (χ1) is 11.8. The summed E-state index contributed by atoms with van der Waals surface area (Å²) in [7, 11) is 0. The second kappa shape index (κ2) is 7.49. The summed E-state index contributed by atoms with van der Waals surface area (Å²) in [6.07, 6.45) is -1.78. The molecule has 1 heterocycles. The van der Waals surface area contributed by atoms with Crippen molar-refractivity contribution in [2.24, 2.45) is 0 Å². The van der Waals surface area contributed by atoms with Crippen molar-refractivity contribution in [1.29, 1.82) is 5.26 Å². The Morgan fingerprint density at radius 2 is 2.04 bits per heavy atom. The van der Waals surface area contributed by atoms with E-state index in [4.69, 9.17) is 5.26 Å². The summed E-state index contributed by atoms with van der Waals surface area (Å²) in [5.74, 6) is -0.411. The van der Waals surface area contributed by atoms with E-state index in [2.05, 4.69) is 15.6 Å². The molecule has 1 amide bonds. The van der Waals surface area contributed by atoms with E-state index in [1.807, 2.05) is 6.92 Å². The number of nitrogens with one attached hydrogen (secondary N) is 2. The SMILES string of the molecule is Cc1ccc(N/C=C(/C#N)C(=O)Nc2cccc(C(F)(F)F)c2)nc1. The van der Waals surface area contributed by atoms with Crippen molar-refractivity contribution in [2.75, 3.05) is 10.6 Å². The molecule has 0 radical (unpaired) electrons. The van der Waals surface area contributed by atoms with Crippen LogP contribution in [0.3, 0.4) is 0 Å². The predicted molar refractivity (Wildman–Crippen MR) is 86.4 cm³/mol. The summed E-state index contributed by atoms with van der Waals surface area (Å²) in [6.45, 7) is 1.86. The Morgan fingerprint density at radius 1 is 1.28 bits per heavy atom. The predicted octanol–water partition coefficient (Wildman–Crippen LogP) is 3.87. The van der Waals surface area contributed by atoms with Crippen LogP contribution in [0, 0.1) is 18.3 Å². The van der Waals surface area contributed by atoms with E-state index < -0.39 is 17.6 Å². The van der Waals surface area contributed by atoms with E-state index in [1.54, 1.807) is 24.4 Å². The molecule has 8 heteroatoms. The molecule has 0 unspecified atom stereocenters. The van der Waals surface area contributed by atoms with Gasteiger partial charge in [0.2, 0.25) is 0 Å². The van der Waals surface area contributed by atoms with Gasteiger partial charge in [0.25, 0.3) is 5.91 Å². The van der Waals surface area contributed by atoms with Crippen LogP contribution in [0.15, 0.2) is 54.4 Å². The standard InChI is InChI=1S/C17H13F3N4O/c1-11-5-6-15(22-9-11)23-10-12(8-21)16(25)24-14-4-2-3-13(7-14)17(18,19)20/h2-7,9-10H,1H3,(H,22,23)(H,24,25)/b12-10-. The number of hydrogen-bond donors (Lipinski definition) is 2. The molecular weight excluding hydrogens is 333 g/mol. The number of hydrogen-bond acceptors (Lipinski definition) is 4. The van der Waals surface area contributed by atoms with Gasteiger partial charge >= 0.3 is 6.18 Å². The summed E-state index contributed by atoms with van der Waals surface area (Å²) in [5, 5.41) is 14.0. The molecule has 0 aliphatic rings. The third-order valence-corrected chi connectivity index (χ3v) is 3.09. The second-order valence-corrected chi connectivity index (χ2v) is 5.07. The van der Waals surface area contributed by atoms with E-state index in [1.165, 1.54) is 12.1 Å². The van der Waals surface area contributed by atoms with Crippen LogP contribution in [0.4, 0.5) is 24.7 Å². The Morgan fingerprint density at radius 3 is 2.64 bits per heavy atom. The first-order valence-electron chi connectivity index (χ1n) is 7.07. The zero-order valence-corrected chi connectivity index (χ0v) is 13.1. The molecule has 2 aromatic rings. The number of benzene rings is 1. The van der Waals surface area contributed by atoms with E-state index in [-0.39, 0.29) is 11.3 Å². The molecule has 0 aliphatic heterocycles. The lowest BCUT2D eigenvalue weighted by Gasteiger charge is -2.09. The monoisotopic (exact) mass is 346 g/mol. The molecule has 0 fully saturated rings. The zero-order chi connectivity index (χ0) is 18.4. The molecule has 0 spiro atoms. The van der Waals surface area contributed by atoms with Crippen molar-refractivity contribution in [1.82, 2.24) is 4.98 Å². The van der Waals surface area contributed by atoms with Crippen LogP contribution in [0.1, 0.15) is 11.1 Å². The molecule has 1 aromatic heterocycles. The number of anilines is 2. The summed E-state index contributed by atoms with van der Waals surface area (Å²) in [4.78, 5) is 16.1. The number of aryl methyl sites for hydroxylation is 1. The lowest BCUT2D eigenvalue weighted by Crippen LogP contribution is -2.15. The molecule has 1 aromatic carbocycles. The van der Waals surface area contributed by atoms with Crippen molar-refractivity contribution in [3.05, 3.63) is 65.5 Å². The minimum Gasteiger partial charge on any atom is -0.345 e. The lowest BCUT2D eigenvalue weighted by atomic mass is 10.2.